The van der Waals surface area contributed by atoms with Crippen molar-refractivity contribution in [2.24, 2.45) is 40.7 Å². The molecule has 0 aromatic heterocycles. The Labute approximate surface area is 358 Å². The van der Waals surface area contributed by atoms with Crippen LogP contribution in [0, 0.1) is 35.0 Å². The summed E-state index contributed by atoms with van der Waals surface area (Å²) in [5.41, 5.74) is 13.2. The molecule has 2 heterocycles. The number of carbonyl (C=O) groups is 3. The van der Waals surface area contributed by atoms with Crippen LogP contribution in [-0.2, 0) is 20.7 Å². The number of carbonyl (C=O) groups excluding carboxylic acids is 3. The Kier molecular flexibility index (Phi) is 12.9. The molecule has 60 heavy (non-hydrogen) atoms. The summed E-state index contributed by atoms with van der Waals surface area (Å²) in [4.78, 5) is 40.9. The first kappa shape index (κ1) is 43.0. The predicted octanol–water partition coefficient (Wildman–Crippen LogP) is 7.31. The number of ether oxygens (including phenoxy) is 1. The Morgan fingerprint density at radius 3 is 2.50 bits per heavy atom. The number of hydrogen-bond donors (Lipinski definition) is 4. The lowest BCUT2D eigenvalue weighted by Crippen LogP contribution is -2.54. The van der Waals surface area contributed by atoms with Crippen LogP contribution < -0.4 is 16.4 Å². The van der Waals surface area contributed by atoms with Gasteiger partial charge in [-0.15, -0.1) is 0 Å². The number of amides is 2. The fourth-order valence-corrected chi connectivity index (χ4v) is 13.0. The summed E-state index contributed by atoms with van der Waals surface area (Å²) < 4.78 is 7.34. The van der Waals surface area contributed by atoms with Gasteiger partial charge in [-0.3, -0.25) is 19.3 Å². The van der Waals surface area contributed by atoms with Crippen molar-refractivity contribution in [2.75, 3.05) is 26.2 Å². The van der Waals surface area contributed by atoms with Crippen LogP contribution in [0.5, 0.6) is 0 Å². The molecule has 2 saturated carbocycles. The van der Waals surface area contributed by atoms with Crippen molar-refractivity contribution >= 4 is 17.6 Å². The summed E-state index contributed by atoms with van der Waals surface area (Å²) in [6, 6.07) is 16.2. The lowest BCUT2D eigenvalue weighted by atomic mass is 9.56. The maximum atomic E-state index is 12.9. The van der Waals surface area contributed by atoms with Gasteiger partial charge in [-0.2, -0.15) is 0 Å². The lowest BCUT2D eigenvalue weighted by Gasteiger charge is -2.49. The Bertz CT molecular complexity index is 1950. The quantitative estimate of drug-likeness (QED) is 0.0893. The van der Waals surface area contributed by atoms with E-state index in [0.717, 1.165) is 75.9 Å². The molecule has 2 aliphatic heterocycles. The molecule has 324 valence electrons. The first-order valence-electron chi connectivity index (χ1n) is 23.4. The summed E-state index contributed by atoms with van der Waals surface area (Å²) in [6.07, 6.45) is 14.6. The van der Waals surface area contributed by atoms with Crippen LogP contribution in [-0.4, -0.2) is 83.7 Å². The molecule has 2 aromatic rings. The van der Waals surface area contributed by atoms with Gasteiger partial charge in [-0.1, -0.05) is 99.0 Å². The minimum absolute atomic E-state index is 0.0327. The van der Waals surface area contributed by atoms with Gasteiger partial charge in [-0.25, -0.2) is 0 Å². The molecule has 0 radical (unpaired) electrons. The molecular weight excluding hydrogens is 749 g/mol. The van der Waals surface area contributed by atoms with E-state index in [0.29, 0.717) is 66.8 Å². The average molecular weight is 819 g/mol. The average Bonchev–Trinajstić information content (AvgIpc) is 3.77. The third-order valence-electron chi connectivity index (χ3n) is 16.2. The van der Waals surface area contributed by atoms with Crippen LogP contribution in [0.4, 0.5) is 0 Å². The molecular formula is C51H70N4O5. The molecule has 9 nitrogen and oxygen atoms in total. The molecule has 8 rings (SSSR count). The standard InChI is InChI=1S/C51H70N4O5/c1-32-27-45-47(34(3)51(60-45)23-21-40-41-19-18-38-29-39(56)20-22-50(38,4)43(41)30-42(40)33(51)2)55(31-32)26-25-53-46(57)13-9-6-10-24-54-49(59)44(52)28-35-14-16-37(17-15-35)48(58)36-11-7-5-8-12-36/h5,7-8,11-12,14-18,32,34,39-41,43-45,47,56H,6,9-10,13,19-31,52H2,1-4H3,(H,53,57)(H,54,59)/t32-,34+,39-,40-,41-,43-,44-,45+,47-,50-,51-/m0/s1. The van der Waals surface area contributed by atoms with Gasteiger partial charge in [0.2, 0.25) is 11.8 Å². The molecule has 0 unspecified atom stereocenters. The molecule has 2 aromatic carbocycles. The van der Waals surface area contributed by atoms with Crippen LogP contribution in [0.3, 0.4) is 0 Å². The summed E-state index contributed by atoms with van der Waals surface area (Å²) in [5, 5.41) is 16.6. The Morgan fingerprint density at radius 2 is 1.72 bits per heavy atom. The Balaban J connectivity index is 0.757. The second kappa shape index (κ2) is 18.0. The number of nitrogens with zero attached hydrogens (tertiary/aromatic N) is 1. The zero-order valence-corrected chi connectivity index (χ0v) is 36.6. The highest BCUT2D eigenvalue weighted by molar-refractivity contribution is 6.08. The number of nitrogens with one attached hydrogen (secondary N) is 2. The minimum atomic E-state index is -0.676. The molecule has 4 fully saturated rings. The maximum Gasteiger partial charge on any atom is 0.237 e. The van der Waals surface area contributed by atoms with Gasteiger partial charge in [0.05, 0.1) is 23.9 Å². The highest BCUT2D eigenvalue weighted by atomic mass is 16.5. The van der Waals surface area contributed by atoms with E-state index >= 15 is 0 Å². The molecule has 9 heteroatoms. The number of nitrogens with two attached hydrogens (primary N) is 1. The topological polar surface area (TPSA) is 134 Å². The molecule has 2 amide bonds. The van der Waals surface area contributed by atoms with Gasteiger partial charge < -0.3 is 26.2 Å². The van der Waals surface area contributed by atoms with Crippen molar-refractivity contribution in [3.05, 3.63) is 94.1 Å². The van der Waals surface area contributed by atoms with E-state index in [-0.39, 0.29) is 40.8 Å². The fraction of sp³-hybridized carbons (Fsp3) is 0.627. The second-order valence-corrected chi connectivity index (χ2v) is 19.9. The van der Waals surface area contributed by atoms with Crippen LogP contribution in [0.2, 0.25) is 0 Å². The highest BCUT2D eigenvalue weighted by Crippen LogP contribution is 2.65. The zero-order valence-electron chi connectivity index (χ0n) is 36.6. The van der Waals surface area contributed by atoms with E-state index in [4.69, 9.17) is 10.5 Å². The normalized spacial score (nSPS) is 33.9. The number of aliphatic hydroxyl groups excluding tert-OH is 1. The third kappa shape index (κ3) is 8.45. The summed E-state index contributed by atoms with van der Waals surface area (Å²) in [5.74, 6) is 2.89. The number of hydrogen-bond acceptors (Lipinski definition) is 7. The Morgan fingerprint density at radius 1 is 0.950 bits per heavy atom. The zero-order chi connectivity index (χ0) is 42.2. The number of rotatable bonds is 14. The maximum absolute atomic E-state index is 12.9. The van der Waals surface area contributed by atoms with E-state index in [1.807, 2.05) is 30.3 Å². The highest BCUT2D eigenvalue weighted by Gasteiger charge is 2.61. The first-order chi connectivity index (χ1) is 28.9. The number of allylic oxidation sites excluding steroid dienone is 2. The minimum Gasteiger partial charge on any atom is -0.393 e. The molecule has 2 saturated heterocycles. The van der Waals surface area contributed by atoms with Crippen molar-refractivity contribution < 1.29 is 24.2 Å². The number of fused-ring (bicyclic) bond motifs is 6. The van der Waals surface area contributed by atoms with E-state index in [1.54, 1.807) is 35.4 Å². The van der Waals surface area contributed by atoms with Gasteiger partial charge in [0.25, 0.3) is 0 Å². The van der Waals surface area contributed by atoms with Crippen LogP contribution in [0.25, 0.3) is 0 Å². The number of piperidine rings is 1. The van der Waals surface area contributed by atoms with Crippen LogP contribution in [0.1, 0.15) is 126 Å². The van der Waals surface area contributed by atoms with E-state index in [2.05, 4.69) is 49.3 Å². The van der Waals surface area contributed by atoms with Crippen molar-refractivity contribution in [2.45, 2.75) is 141 Å². The fourth-order valence-electron chi connectivity index (χ4n) is 13.0. The molecule has 11 atom stereocenters. The largest absolute Gasteiger partial charge is 0.393 e. The number of likely N-dealkylation sites (tertiary alicyclic amines) is 1. The Hall–Kier alpha value is -3.63. The third-order valence-corrected chi connectivity index (χ3v) is 16.2. The second-order valence-electron chi connectivity index (χ2n) is 19.9. The number of unbranched alkanes of at least 4 members (excludes halogenated alkanes) is 2. The SMILES string of the molecule is CC1=C2C[C@H]3[C@@H](CC=C4C[C@@H](O)CC[C@@]43C)[C@@H]2CC[C@]12O[C@@H]1C[C@H](C)CN(CCNC(=O)CCCCCNC(=O)[C@@H](N)Cc3ccc(C(=O)c4ccccc4)cc3)[C@H]1[C@H]2C. The van der Waals surface area contributed by atoms with E-state index in [9.17, 15) is 19.5 Å². The summed E-state index contributed by atoms with van der Waals surface area (Å²) in [6.45, 7) is 12.8. The van der Waals surface area contributed by atoms with Gasteiger partial charge in [0.1, 0.15) is 0 Å². The number of benzene rings is 2. The number of ketones is 1. The summed E-state index contributed by atoms with van der Waals surface area (Å²) in [7, 11) is 0. The summed E-state index contributed by atoms with van der Waals surface area (Å²) >= 11 is 0. The molecule has 5 N–H and O–H groups in total. The first-order valence-corrected chi connectivity index (χ1v) is 23.4. The molecule has 1 spiro atoms. The van der Waals surface area contributed by atoms with Gasteiger partial charge in [0.15, 0.2) is 5.78 Å². The van der Waals surface area contributed by atoms with Crippen molar-refractivity contribution in [1.82, 2.24) is 15.5 Å². The smallest absolute Gasteiger partial charge is 0.237 e. The van der Waals surface area contributed by atoms with Gasteiger partial charge >= 0.3 is 0 Å². The van der Waals surface area contributed by atoms with Gasteiger partial charge in [0, 0.05) is 55.7 Å². The molecule has 4 aliphatic carbocycles. The monoisotopic (exact) mass is 819 g/mol. The van der Waals surface area contributed by atoms with Crippen LogP contribution in [0.15, 0.2) is 77.4 Å². The van der Waals surface area contributed by atoms with E-state index in [1.165, 1.54) is 24.8 Å². The van der Waals surface area contributed by atoms with Crippen LogP contribution >= 0.6 is 0 Å². The molecule has 0 bridgehead atoms. The molecule has 6 aliphatic rings. The predicted molar refractivity (Wildman–Crippen MR) is 236 cm³/mol. The number of aliphatic hydroxyl groups is 1. The van der Waals surface area contributed by atoms with E-state index < -0.39 is 6.04 Å². The van der Waals surface area contributed by atoms with Crippen molar-refractivity contribution in [3.8, 4) is 0 Å². The van der Waals surface area contributed by atoms with Crippen molar-refractivity contribution in [1.29, 1.82) is 0 Å². The van der Waals surface area contributed by atoms with Gasteiger partial charge in [-0.05, 0) is 118 Å². The lowest BCUT2D eigenvalue weighted by molar-refractivity contribution is -0.123. The van der Waals surface area contributed by atoms with Crippen molar-refractivity contribution in [3.63, 3.8) is 0 Å².